The van der Waals surface area contributed by atoms with Crippen molar-refractivity contribution < 1.29 is 9.53 Å². The highest BCUT2D eigenvalue weighted by atomic mass is 16.6. The number of nitrogens with one attached hydrogen (secondary N) is 2. The number of hydrogen-bond donors (Lipinski definition) is 2. The van der Waals surface area contributed by atoms with Crippen LogP contribution in [0.15, 0.2) is 12.4 Å². The van der Waals surface area contributed by atoms with Crippen molar-refractivity contribution >= 4 is 6.09 Å². The quantitative estimate of drug-likeness (QED) is 0.846. The Morgan fingerprint density at radius 3 is 2.57 bits per heavy atom. The highest BCUT2D eigenvalue weighted by Gasteiger charge is 2.17. The van der Waals surface area contributed by atoms with Gasteiger partial charge in [-0.3, -0.25) is 4.68 Å². The van der Waals surface area contributed by atoms with Crippen molar-refractivity contribution in [3.63, 3.8) is 0 Å². The Morgan fingerprint density at radius 2 is 2.05 bits per heavy atom. The van der Waals surface area contributed by atoms with Crippen LogP contribution < -0.4 is 10.6 Å². The van der Waals surface area contributed by atoms with Gasteiger partial charge in [-0.25, -0.2) is 4.79 Å². The molecular formula is C15H28N4O2. The normalized spacial score (nSPS) is 13.3. The van der Waals surface area contributed by atoms with E-state index < -0.39 is 5.60 Å². The first-order valence-corrected chi connectivity index (χ1v) is 7.40. The van der Waals surface area contributed by atoms with Crippen molar-refractivity contribution in [2.24, 2.45) is 0 Å². The van der Waals surface area contributed by atoms with Crippen molar-refractivity contribution in [3.05, 3.63) is 18.0 Å². The molecule has 120 valence electrons. The number of hydrogen-bond acceptors (Lipinski definition) is 4. The number of rotatable bonds is 6. The summed E-state index contributed by atoms with van der Waals surface area (Å²) in [6, 6.07) is 0.367. The fourth-order valence-electron chi connectivity index (χ4n) is 1.74. The molecular weight excluding hydrogens is 268 g/mol. The number of aromatic nitrogens is 2. The van der Waals surface area contributed by atoms with Crippen molar-refractivity contribution in [1.29, 1.82) is 0 Å². The minimum atomic E-state index is -0.470. The molecule has 0 fully saturated rings. The predicted molar refractivity (Wildman–Crippen MR) is 83.2 cm³/mol. The third-order valence-electron chi connectivity index (χ3n) is 2.73. The maximum atomic E-state index is 11.6. The fraction of sp³-hybridized carbons (Fsp3) is 0.733. The smallest absolute Gasteiger partial charge is 0.407 e. The van der Waals surface area contributed by atoms with Crippen molar-refractivity contribution in [2.45, 2.75) is 65.8 Å². The average molecular weight is 296 g/mol. The van der Waals surface area contributed by atoms with Crippen LogP contribution in [0.4, 0.5) is 4.79 Å². The molecule has 21 heavy (non-hydrogen) atoms. The molecule has 1 amide bonds. The number of carbonyl (C=O) groups excluding carboxylic acids is 1. The Kier molecular flexibility index (Phi) is 6.20. The summed E-state index contributed by atoms with van der Waals surface area (Å²) in [4.78, 5) is 11.6. The van der Waals surface area contributed by atoms with Gasteiger partial charge < -0.3 is 15.4 Å². The summed E-state index contributed by atoms with van der Waals surface area (Å²) in [5.74, 6) is 0. The van der Waals surface area contributed by atoms with Crippen LogP contribution in [0.1, 0.15) is 53.1 Å². The molecule has 0 saturated carbocycles. The largest absolute Gasteiger partial charge is 0.444 e. The van der Waals surface area contributed by atoms with Crippen molar-refractivity contribution in [1.82, 2.24) is 20.4 Å². The summed E-state index contributed by atoms with van der Waals surface area (Å²) in [5.41, 5.74) is 0.663. The second-order valence-corrected chi connectivity index (χ2v) is 6.60. The van der Waals surface area contributed by atoms with E-state index in [1.165, 1.54) is 0 Å². The first-order valence-electron chi connectivity index (χ1n) is 7.40. The standard InChI is InChI=1S/C15H28N4O2/c1-11(2)19-10-13(9-17-19)8-16-7-12(3)18-14(20)21-15(4,5)6/h9-12,16H,7-8H2,1-6H3,(H,18,20). The lowest BCUT2D eigenvalue weighted by atomic mass is 10.2. The summed E-state index contributed by atoms with van der Waals surface area (Å²) in [6.45, 7) is 13.1. The van der Waals surface area contributed by atoms with Gasteiger partial charge in [0.25, 0.3) is 0 Å². The van der Waals surface area contributed by atoms with E-state index in [1.54, 1.807) is 0 Å². The molecule has 6 heteroatoms. The lowest BCUT2D eigenvalue weighted by Crippen LogP contribution is -2.42. The molecule has 0 aliphatic carbocycles. The van der Waals surface area contributed by atoms with Gasteiger partial charge in [-0.15, -0.1) is 0 Å². The molecule has 0 bridgehead atoms. The first kappa shape index (κ1) is 17.5. The Balaban J connectivity index is 2.26. The lowest BCUT2D eigenvalue weighted by Gasteiger charge is -2.22. The van der Waals surface area contributed by atoms with E-state index in [0.29, 0.717) is 12.6 Å². The maximum Gasteiger partial charge on any atom is 0.407 e. The molecule has 0 aromatic carbocycles. The summed E-state index contributed by atoms with van der Waals surface area (Å²) >= 11 is 0. The molecule has 6 nitrogen and oxygen atoms in total. The van der Waals surface area contributed by atoms with Crippen LogP contribution in [0, 0.1) is 0 Å². The minimum absolute atomic E-state index is 0.00000588. The molecule has 0 aliphatic rings. The van der Waals surface area contributed by atoms with E-state index in [2.05, 4.69) is 29.6 Å². The van der Waals surface area contributed by atoms with Gasteiger partial charge in [0.1, 0.15) is 5.60 Å². The third-order valence-corrected chi connectivity index (χ3v) is 2.73. The molecule has 1 atom stereocenters. The minimum Gasteiger partial charge on any atom is -0.444 e. The van der Waals surface area contributed by atoms with Crippen molar-refractivity contribution in [2.75, 3.05) is 6.54 Å². The molecule has 1 unspecified atom stereocenters. The number of alkyl carbamates (subject to hydrolysis) is 1. The number of nitrogens with zero attached hydrogens (tertiary/aromatic N) is 2. The van der Waals surface area contributed by atoms with E-state index in [9.17, 15) is 4.79 Å². The molecule has 0 spiro atoms. The zero-order chi connectivity index (χ0) is 16.0. The maximum absolute atomic E-state index is 11.6. The average Bonchev–Trinajstić information content (AvgIpc) is 2.74. The highest BCUT2D eigenvalue weighted by molar-refractivity contribution is 5.68. The molecule has 1 aromatic rings. The monoisotopic (exact) mass is 296 g/mol. The predicted octanol–water partition coefficient (Wildman–Crippen LogP) is 2.47. The molecule has 1 heterocycles. The van der Waals surface area contributed by atoms with Crippen LogP contribution in [0.25, 0.3) is 0 Å². The van der Waals surface area contributed by atoms with Gasteiger partial charge in [0.05, 0.1) is 6.20 Å². The van der Waals surface area contributed by atoms with Gasteiger partial charge in [-0.05, 0) is 41.5 Å². The van der Waals surface area contributed by atoms with E-state index in [4.69, 9.17) is 4.74 Å². The van der Waals surface area contributed by atoms with Gasteiger partial charge in [-0.1, -0.05) is 0 Å². The lowest BCUT2D eigenvalue weighted by molar-refractivity contribution is 0.0508. The van der Waals surface area contributed by atoms with Crippen LogP contribution >= 0.6 is 0 Å². The van der Waals surface area contributed by atoms with Crippen LogP contribution in [-0.2, 0) is 11.3 Å². The zero-order valence-electron chi connectivity index (χ0n) is 13.9. The Hall–Kier alpha value is -1.56. The molecule has 2 N–H and O–H groups in total. The molecule has 0 radical (unpaired) electrons. The van der Waals surface area contributed by atoms with Crippen LogP contribution in [0.2, 0.25) is 0 Å². The van der Waals surface area contributed by atoms with Crippen LogP contribution in [-0.4, -0.2) is 34.1 Å². The molecule has 0 aliphatic heterocycles. The summed E-state index contributed by atoms with van der Waals surface area (Å²) in [7, 11) is 0. The molecule has 1 rings (SSSR count). The fourth-order valence-corrected chi connectivity index (χ4v) is 1.74. The van der Waals surface area contributed by atoms with Gasteiger partial charge in [0, 0.05) is 36.9 Å². The van der Waals surface area contributed by atoms with Crippen LogP contribution in [0.3, 0.4) is 0 Å². The van der Waals surface area contributed by atoms with Crippen LogP contribution in [0.5, 0.6) is 0 Å². The second-order valence-electron chi connectivity index (χ2n) is 6.60. The van der Waals surface area contributed by atoms with Gasteiger partial charge in [0.15, 0.2) is 0 Å². The molecule has 1 aromatic heterocycles. The van der Waals surface area contributed by atoms with E-state index >= 15 is 0 Å². The second kappa shape index (κ2) is 7.45. The number of carbonyl (C=O) groups is 1. The summed E-state index contributed by atoms with van der Waals surface area (Å²) in [5, 5.41) is 10.4. The highest BCUT2D eigenvalue weighted by Crippen LogP contribution is 2.07. The first-order chi connectivity index (χ1) is 9.67. The van der Waals surface area contributed by atoms with E-state index in [0.717, 1.165) is 12.1 Å². The topological polar surface area (TPSA) is 68.2 Å². The Labute approximate surface area is 127 Å². The number of ether oxygens (including phenoxy) is 1. The Bertz CT molecular complexity index is 449. The third kappa shape index (κ3) is 7.13. The number of amides is 1. The summed E-state index contributed by atoms with van der Waals surface area (Å²) in [6.07, 6.45) is 3.51. The van der Waals surface area contributed by atoms with Gasteiger partial charge >= 0.3 is 6.09 Å². The van der Waals surface area contributed by atoms with E-state index in [-0.39, 0.29) is 12.1 Å². The van der Waals surface area contributed by atoms with E-state index in [1.807, 2.05) is 44.8 Å². The SMILES string of the molecule is CC(CNCc1cnn(C(C)C)c1)NC(=O)OC(C)(C)C. The zero-order valence-corrected chi connectivity index (χ0v) is 13.9. The van der Waals surface area contributed by atoms with Gasteiger partial charge in [0.2, 0.25) is 0 Å². The Morgan fingerprint density at radius 1 is 1.38 bits per heavy atom. The molecule has 0 saturated heterocycles. The summed E-state index contributed by atoms with van der Waals surface area (Å²) < 4.78 is 7.14. The van der Waals surface area contributed by atoms with Crippen molar-refractivity contribution in [3.8, 4) is 0 Å². The van der Waals surface area contributed by atoms with Gasteiger partial charge in [-0.2, -0.15) is 5.10 Å².